The average Bonchev–Trinajstić information content (AvgIpc) is 3.18. The summed E-state index contributed by atoms with van der Waals surface area (Å²) >= 11 is 0. The molecular formula is C25H29F17O7. The molecule has 24 heteroatoms. The number of halogens is 17. The SMILES string of the molecule is O=C(O)[C@@H](O)[C@H]1O[C@](O)(C=CCCCCCCCCCC(F)(F)C(F)(F)C(F)(F)C(F)(F)C(F)(F)C(F)(F)C(F)(F)C(F)(F)F)[C@H](O)[C@H]1O. The van der Waals surface area contributed by atoms with Crippen molar-refractivity contribution in [1.82, 2.24) is 0 Å². The van der Waals surface area contributed by atoms with Crippen LogP contribution >= 0.6 is 0 Å². The third-order valence-corrected chi connectivity index (χ3v) is 7.48. The summed E-state index contributed by atoms with van der Waals surface area (Å²) in [6, 6.07) is 0. The van der Waals surface area contributed by atoms with E-state index in [1.165, 1.54) is 6.08 Å². The molecule has 5 N–H and O–H groups in total. The third kappa shape index (κ3) is 8.16. The van der Waals surface area contributed by atoms with Crippen LogP contribution in [0.4, 0.5) is 74.6 Å². The van der Waals surface area contributed by atoms with Gasteiger partial charge >= 0.3 is 53.6 Å². The van der Waals surface area contributed by atoms with Gasteiger partial charge in [-0.3, -0.25) is 0 Å². The predicted molar refractivity (Wildman–Crippen MR) is 127 cm³/mol. The molecule has 0 aromatic rings. The number of unbranched alkanes of at least 4 members (excludes halogenated alkanes) is 7. The third-order valence-electron chi connectivity index (χ3n) is 7.48. The van der Waals surface area contributed by atoms with Crippen molar-refractivity contribution in [1.29, 1.82) is 0 Å². The molecule has 1 heterocycles. The van der Waals surface area contributed by atoms with E-state index in [2.05, 4.69) is 0 Å². The van der Waals surface area contributed by atoms with Gasteiger partial charge in [0, 0.05) is 6.42 Å². The Labute approximate surface area is 264 Å². The first-order chi connectivity index (χ1) is 21.7. The molecule has 290 valence electrons. The number of hydrogen-bond acceptors (Lipinski definition) is 6. The second-order valence-corrected chi connectivity index (χ2v) is 11.1. The van der Waals surface area contributed by atoms with Gasteiger partial charge in [0.05, 0.1) is 0 Å². The standard InChI is InChI=1S/C25H29F17O7/c26-18(27,19(28,29)20(30,31)21(32,33)22(34,35)23(36,37)24(38,39)25(40,41)42)11-9-7-5-3-1-2-4-6-8-10-17(48)15(45)12(43)14(49-17)13(44)16(46)47/h8,10,12-15,43-45,48H,1-7,9,11H2,(H,46,47)/t12-,13-,14-,15+,17+/m0/s1. The summed E-state index contributed by atoms with van der Waals surface area (Å²) in [5.74, 6) is -60.7. The smallest absolute Gasteiger partial charge is 0.460 e. The fourth-order valence-electron chi connectivity index (χ4n) is 4.41. The first-order valence-electron chi connectivity index (χ1n) is 13.8. The molecule has 1 rings (SSSR count). The fraction of sp³-hybridized carbons (Fsp3) is 0.880. The van der Waals surface area contributed by atoms with Gasteiger partial charge in [-0.25, -0.2) is 4.79 Å². The molecule has 0 radical (unpaired) electrons. The molecule has 0 spiro atoms. The van der Waals surface area contributed by atoms with E-state index in [1.807, 2.05) is 0 Å². The van der Waals surface area contributed by atoms with Gasteiger partial charge < -0.3 is 30.3 Å². The molecule has 7 nitrogen and oxygen atoms in total. The van der Waals surface area contributed by atoms with Crippen molar-refractivity contribution in [3.63, 3.8) is 0 Å². The van der Waals surface area contributed by atoms with Crippen LogP contribution < -0.4 is 0 Å². The monoisotopic (exact) mass is 764 g/mol. The molecule has 0 unspecified atom stereocenters. The highest BCUT2D eigenvalue weighted by Gasteiger charge is 2.95. The molecule has 1 fully saturated rings. The first-order valence-corrected chi connectivity index (χ1v) is 13.8. The van der Waals surface area contributed by atoms with Gasteiger partial charge in [0.2, 0.25) is 5.79 Å². The summed E-state index contributed by atoms with van der Waals surface area (Å²) in [4.78, 5) is 10.8. The number of aliphatic carboxylic acids is 1. The minimum Gasteiger partial charge on any atom is -0.479 e. The maximum absolute atomic E-state index is 13.9. The first kappa shape index (κ1) is 44.8. The van der Waals surface area contributed by atoms with Crippen molar-refractivity contribution >= 4 is 5.97 Å². The Morgan fingerprint density at radius 1 is 0.653 bits per heavy atom. The van der Waals surface area contributed by atoms with Crippen LogP contribution in [0.15, 0.2) is 12.2 Å². The molecular weight excluding hydrogens is 735 g/mol. The number of allylic oxidation sites excluding steroid dienone is 1. The van der Waals surface area contributed by atoms with Crippen LogP contribution in [-0.4, -0.2) is 109 Å². The van der Waals surface area contributed by atoms with Crippen molar-refractivity contribution < 1.29 is 110 Å². The highest BCUT2D eigenvalue weighted by molar-refractivity contribution is 5.73. The second kappa shape index (κ2) is 14.8. The lowest BCUT2D eigenvalue weighted by Gasteiger charge is -2.42. The van der Waals surface area contributed by atoms with E-state index in [-0.39, 0.29) is 25.7 Å². The minimum atomic E-state index is -8.65. The molecule has 1 aliphatic rings. The van der Waals surface area contributed by atoms with Crippen molar-refractivity contribution in [2.24, 2.45) is 0 Å². The van der Waals surface area contributed by atoms with E-state index in [0.29, 0.717) is 12.8 Å². The summed E-state index contributed by atoms with van der Waals surface area (Å²) < 4.78 is 231. The molecule has 0 bridgehead atoms. The minimum absolute atomic E-state index is 0.119. The summed E-state index contributed by atoms with van der Waals surface area (Å²) in [7, 11) is 0. The molecule has 5 atom stereocenters. The molecule has 0 aromatic carbocycles. The highest BCUT2D eigenvalue weighted by Crippen LogP contribution is 2.64. The number of carboxylic acid groups (broad SMARTS) is 1. The van der Waals surface area contributed by atoms with Gasteiger partial charge in [0.25, 0.3) is 0 Å². The van der Waals surface area contributed by atoms with E-state index in [4.69, 9.17) is 9.84 Å². The van der Waals surface area contributed by atoms with Gasteiger partial charge in [0.15, 0.2) is 6.10 Å². The lowest BCUT2D eigenvalue weighted by Crippen LogP contribution is -2.74. The normalized spacial score (nSPS) is 24.6. The Bertz CT molecular complexity index is 1150. The Morgan fingerprint density at radius 3 is 1.47 bits per heavy atom. The Hall–Kier alpha value is -2.18. The Morgan fingerprint density at radius 2 is 1.04 bits per heavy atom. The predicted octanol–water partition coefficient (Wildman–Crippen LogP) is 6.32. The van der Waals surface area contributed by atoms with E-state index >= 15 is 0 Å². The highest BCUT2D eigenvalue weighted by atomic mass is 19.4. The van der Waals surface area contributed by atoms with E-state index in [9.17, 15) is 99.9 Å². The van der Waals surface area contributed by atoms with Gasteiger partial charge in [-0.05, 0) is 25.3 Å². The topological polar surface area (TPSA) is 127 Å². The van der Waals surface area contributed by atoms with Gasteiger partial charge in [-0.2, -0.15) is 74.6 Å². The van der Waals surface area contributed by atoms with Gasteiger partial charge in [0.1, 0.15) is 18.3 Å². The zero-order chi connectivity index (χ0) is 38.9. The Balaban J connectivity index is 2.68. The summed E-state index contributed by atoms with van der Waals surface area (Å²) in [6.45, 7) is 0. The van der Waals surface area contributed by atoms with Gasteiger partial charge in [-0.15, -0.1) is 0 Å². The number of rotatable bonds is 19. The summed E-state index contributed by atoms with van der Waals surface area (Å²) in [5.41, 5.74) is 0. The maximum Gasteiger partial charge on any atom is 0.460 e. The number of ether oxygens (including phenoxy) is 1. The molecule has 49 heavy (non-hydrogen) atoms. The molecule has 1 aliphatic heterocycles. The number of hydrogen-bond donors (Lipinski definition) is 5. The quantitative estimate of drug-likeness (QED) is 0.0593. The lowest BCUT2D eigenvalue weighted by molar-refractivity contribution is -0.461. The van der Waals surface area contributed by atoms with Gasteiger partial charge in [-0.1, -0.05) is 38.2 Å². The molecule has 0 amide bonds. The second-order valence-electron chi connectivity index (χ2n) is 11.1. The van der Waals surface area contributed by atoms with E-state index in [0.717, 1.165) is 6.08 Å². The van der Waals surface area contributed by atoms with Crippen LogP contribution in [0.3, 0.4) is 0 Å². The number of alkyl halides is 17. The van der Waals surface area contributed by atoms with Crippen LogP contribution in [0, 0.1) is 0 Å². The fourth-order valence-corrected chi connectivity index (χ4v) is 4.41. The molecule has 0 aromatic heterocycles. The van der Waals surface area contributed by atoms with Crippen molar-refractivity contribution in [2.75, 3.05) is 0 Å². The van der Waals surface area contributed by atoms with Crippen LogP contribution in [0.2, 0.25) is 0 Å². The van der Waals surface area contributed by atoms with E-state index < -0.39 is 103 Å². The summed E-state index contributed by atoms with van der Waals surface area (Å²) in [5, 5.41) is 48.1. The number of carbonyl (C=O) groups is 1. The number of carboxylic acids is 1. The zero-order valence-corrected chi connectivity index (χ0v) is 24.3. The number of aliphatic hydroxyl groups excluding tert-OH is 3. The van der Waals surface area contributed by atoms with E-state index in [1.54, 1.807) is 0 Å². The maximum atomic E-state index is 13.9. The van der Waals surface area contributed by atoms with Crippen LogP contribution in [0.25, 0.3) is 0 Å². The average molecular weight is 764 g/mol. The van der Waals surface area contributed by atoms with Crippen molar-refractivity contribution in [2.45, 2.75) is 136 Å². The Kier molecular flexibility index (Phi) is 13.6. The summed E-state index contributed by atoms with van der Waals surface area (Å²) in [6.07, 6.45) is -17.1. The van der Waals surface area contributed by atoms with Crippen LogP contribution in [0.5, 0.6) is 0 Å². The zero-order valence-electron chi connectivity index (χ0n) is 24.3. The lowest BCUT2D eigenvalue weighted by atomic mass is 9.87. The van der Waals surface area contributed by atoms with Crippen molar-refractivity contribution in [3.05, 3.63) is 12.2 Å². The largest absolute Gasteiger partial charge is 0.479 e. The van der Waals surface area contributed by atoms with Crippen LogP contribution in [-0.2, 0) is 9.53 Å². The number of aliphatic hydroxyl groups is 4. The molecule has 1 saturated heterocycles. The van der Waals surface area contributed by atoms with Crippen LogP contribution in [0.1, 0.15) is 57.8 Å². The molecule has 0 saturated carbocycles. The molecule has 0 aliphatic carbocycles. The van der Waals surface area contributed by atoms with Crippen molar-refractivity contribution in [3.8, 4) is 0 Å².